The van der Waals surface area contributed by atoms with Gasteiger partial charge in [0, 0.05) is 42.1 Å². The van der Waals surface area contributed by atoms with Crippen molar-refractivity contribution in [3.63, 3.8) is 0 Å². The third-order valence-electron chi connectivity index (χ3n) is 7.33. The molecule has 2 aliphatic heterocycles. The Morgan fingerprint density at radius 1 is 1.24 bits per heavy atom. The molecule has 0 saturated carbocycles. The molecule has 0 aliphatic carbocycles. The number of nitrogens with zero attached hydrogens (tertiary/aromatic N) is 6. The maximum absolute atomic E-state index is 13.4. The summed E-state index contributed by atoms with van der Waals surface area (Å²) in [6.07, 6.45) is 2.31. The summed E-state index contributed by atoms with van der Waals surface area (Å²) in [7, 11) is 1.69. The van der Waals surface area contributed by atoms with E-state index in [4.69, 9.17) is 22.0 Å². The van der Waals surface area contributed by atoms with Crippen LogP contribution in [-0.4, -0.2) is 87.5 Å². The molecule has 19 heteroatoms. The fourth-order valence-electron chi connectivity index (χ4n) is 4.74. The summed E-state index contributed by atoms with van der Waals surface area (Å²) in [5.74, 6) is -4.41. The number of aliphatic carboxylic acids is 2. The van der Waals surface area contributed by atoms with Crippen LogP contribution in [0.1, 0.15) is 44.5 Å². The maximum Gasteiger partial charge on any atom is 0.352 e. The van der Waals surface area contributed by atoms with Crippen molar-refractivity contribution < 1.29 is 43.7 Å². The average Bonchev–Trinajstić information content (AvgIpc) is 3.52. The number of nitrogens with two attached hydrogens (primary N) is 3. The van der Waals surface area contributed by atoms with Crippen LogP contribution in [0.2, 0.25) is 0 Å². The number of hydrogen-bond donors (Lipinski definition) is 5. The lowest BCUT2D eigenvalue weighted by atomic mass is 9.89. The number of thioether (sulfide) groups is 1. The molecule has 0 radical (unpaired) electrons. The normalized spacial score (nSPS) is 18.4. The van der Waals surface area contributed by atoms with Gasteiger partial charge in [-0.1, -0.05) is 5.16 Å². The number of fused-ring (bicyclic) bond motifs is 1. The van der Waals surface area contributed by atoms with E-state index in [1.807, 2.05) is 0 Å². The van der Waals surface area contributed by atoms with E-state index in [9.17, 15) is 34.2 Å². The van der Waals surface area contributed by atoms with Gasteiger partial charge in [0.2, 0.25) is 23.5 Å². The molecular formula is C26H34N9O8S2+. The predicted molar refractivity (Wildman–Crippen MR) is 162 cm³/mol. The Hall–Kier alpha value is -4.36. The Balaban J connectivity index is 1.54. The van der Waals surface area contributed by atoms with Gasteiger partial charge in [0.15, 0.2) is 29.0 Å². The van der Waals surface area contributed by atoms with E-state index < -0.39 is 46.2 Å². The zero-order valence-corrected chi connectivity index (χ0v) is 26.4. The number of carbonyl (C=O) groups excluding carboxylic acids is 3. The van der Waals surface area contributed by atoms with Crippen LogP contribution in [0.3, 0.4) is 0 Å². The lowest BCUT2D eigenvalue weighted by Gasteiger charge is -2.49. The predicted octanol–water partition coefficient (Wildman–Crippen LogP) is -0.708. The Morgan fingerprint density at radius 3 is 2.56 bits per heavy atom. The summed E-state index contributed by atoms with van der Waals surface area (Å²) in [4.78, 5) is 73.1. The second kappa shape index (κ2) is 13.3. The average molecular weight is 665 g/mol. The number of Topliss-reactive ketones (excluding diaryl/α,β-unsaturated/α-hetero) is 2. The second-order valence-electron chi connectivity index (χ2n) is 11.0. The van der Waals surface area contributed by atoms with Crippen LogP contribution >= 0.6 is 23.3 Å². The fourth-order valence-corrected chi connectivity index (χ4v) is 6.58. The van der Waals surface area contributed by atoms with Crippen molar-refractivity contribution in [3.8, 4) is 0 Å². The number of ketones is 2. The molecule has 0 bridgehead atoms. The Kier molecular flexibility index (Phi) is 9.93. The summed E-state index contributed by atoms with van der Waals surface area (Å²) in [6.45, 7) is 2.96. The van der Waals surface area contributed by atoms with Gasteiger partial charge in [-0.3, -0.25) is 19.3 Å². The molecule has 45 heavy (non-hydrogen) atoms. The number of carboxylic acids is 2. The molecule has 2 aromatic heterocycles. The quantitative estimate of drug-likeness (QED) is 0.0682. The van der Waals surface area contributed by atoms with Crippen LogP contribution in [0.25, 0.3) is 0 Å². The summed E-state index contributed by atoms with van der Waals surface area (Å²) in [6, 6.07) is 0. The summed E-state index contributed by atoms with van der Waals surface area (Å²) >= 11 is 2.09. The van der Waals surface area contributed by atoms with E-state index >= 15 is 0 Å². The number of β-lactam (4-membered cyclic amide) rings is 1. The first kappa shape index (κ1) is 33.5. The lowest BCUT2D eigenvalue weighted by Crippen LogP contribution is -2.62. The molecule has 1 saturated heterocycles. The molecule has 2 aliphatic rings. The number of nitrogen functional groups attached to an aromatic ring is 2. The molecule has 0 spiro atoms. The van der Waals surface area contributed by atoms with E-state index in [1.165, 1.54) is 25.6 Å². The smallest absolute Gasteiger partial charge is 0.352 e. The van der Waals surface area contributed by atoms with E-state index in [2.05, 4.69) is 14.5 Å². The van der Waals surface area contributed by atoms with Gasteiger partial charge in [-0.2, -0.15) is 9.36 Å². The molecule has 2 aromatic rings. The minimum absolute atomic E-state index is 0.0161. The second-order valence-corrected chi connectivity index (χ2v) is 12.9. The van der Waals surface area contributed by atoms with Crippen molar-refractivity contribution in [2.75, 3.05) is 23.8 Å². The number of oxime groups is 1. The molecule has 4 heterocycles. The Morgan fingerprint density at radius 2 is 1.96 bits per heavy atom. The van der Waals surface area contributed by atoms with Crippen LogP contribution in [0.4, 0.5) is 10.9 Å². The zero-order valence-electron chi connectivity index (χ0n) is 24.8. The largest absolute Gasteiger partial charge is 0.478 e. The number of carbonyl (C=O) groups is 5. The Bertz CT molecular complexity index is 1610. The van der Waals surface area contributed by atoms with Crippen molar-refractivity contribution in [3.05, 3.63) is 28.9 Å². The summed E-state index contributed by atoms with van der Waals surface area (Å²) in [5.41, 5.74) is 16.0. The van der Waals surface area contributed by atoms with Gasteiger partial charge in [-0.25, -0.2) is 9.59 Å². The molecular weight excluding hydrogens is 630 g/mol. The van der Waals surface area contributed by atoms with E-state index in [1.54, 1.807) is 22.6 Å². The van der Waals surface area contributed by atoms with Gasteiger partial charge >= 0.3 is 11.9 Å². The summed E-state index contributed by atoms with van der Waals surface area (Å²) in [5, 5.41) is 22.6. The number of carboxylic acid groups (broad SMARTS) is 2. The van der Waals surface area contributed by atoms with Crippen molar-refractivity contribution in [1.29, 1.82) is 0 Å². The molecule has 0 unspecified atom stereocenters. The number of anilines is 2. The first-order chi connectivity index (χ1) is 21.2. The van der Waals surface area contributed by atoms with Crippen LogP contribution in [-0.2, 0) is 48.8 Å². The van der Waals surface area contributed by atoms with Crippen LogP contribution < -0.4 is 21.9 Å². The van der Waals surface area contributed by atoms with E-state index in [-0.39, 0.29) is 47.6 Å². The third-order valence-corrected chi connectivity index (χ3v) is 9.27. The minimum atomic E-state index is -1.78. The number of rotatable bonds is 15. The van der Waals surface area contributed by atoms with Gasteiger partial charge < -0.3 is 32.3 Å². The van der Waals surface area contributed by atoms with E-state index in [0.29, 0.717) is 36.3 Å². The number of hydrogen-bond acceptors (Lipinski definition) is 14. The lowest BCUT2D eigenvalue weighted by molar-refractivity contribution is -0.765. The van der Waals surface area contributed by atoms with Crippen molar-refractivity contribution in [2.24, 2.45) is 23.9 Å². The fraction of sp³-hybridized carbons (Fsp3) is 0.500. The molecule has 1 fully saturated rings. The van der Waals surface area contributed by atoms with Crippen molar-refractivity contribution in [2.45, 2.75) is 57.1 Å². The highest BCUT2D eigenvalue weighted by atomic mass is 32.2. The van der Waals surface area contributed by atoms with Gasteiger partial charge in [-0.05, 0) is 26.8 Å². The maximum atomic E-state index is 13.4. The van der Waals surface area contributed by atoms with Gasteiger partial charge in [-0.15, -0.1) is 21.1 Å². The van der Waals surface area contributed by atoms with Crippen LogP contribution in [0, 0.1) is 5.92 Å². The minimum Gasteiger partial charge on any atom is -0.478 e. The molecule has 17 nitrogen and oxygen atoms in total. The van der Waals surface area contributed by atoms with Gasteiger partial charge in [0.05, 0.1) is 23.9 Å². The van der Waals surface area contributed by atoms with Crippen molar-refractivity contribution in [1.82, 2.24) is 18.9 Å². The first-order valence-electron chi connectivity index (χ1n) is 13.7. The molecule has 242 valence electrons. The highest BCUT2D eigenvalue weighted by molar-refractivity contribution is 8.00. The standard InChI is InChI=1S/C26H33N9O8S2/c1-26(2,24(41)42)43-31-17(20-30-25(29)45-32-20)16(37)8-15-21(38)35-18(23(39)40)13(11-44-22(15)35)10-34-9-12(19(28)33(34)3)7-14(36)5-4-6-27/h9,15,22,28H,4-8,10-11,27H2,1-3H3,(H4,29,30,32,39,40,41,42)/p+1/b31-17+/t15-,22-/m1/s1. The van der Waals surface area contributed by atoms with E-state index in [0.717, 1.165) is 16.4 Å². The molecule has 1 amide bonds. The molecule has 0 aromatic carbocycles. The highest BCUT2D eigenvalue weighted by Gasteiger charge is 2.54. The van der Waals surface area contributed by atoms with Gasteiger partial charge in [0.25, 0.3) is 0 Å². The van der Waals surface area contributed by atoms with Crippen molar-refractivity contribution >= 4 is 69.4 Å². The highest BCUT2D eigenvalue weighted by Crippen LogP contribution is 2.45. The molecule has 2 atom stereocenters. The van der Waals surface area contributed by atoms with Crippen LogP contribution in [0.5, 0.6) is 0 Å². The summed E-state index contributed by atoms with van der Waals surface area (Å²) < 4.78 is 7.26. The first-order valence-corrected chi connectivity index (χ1v) is 15.6. The zero-order chi connectivity index (χ0) is 33.2. The Labute approximate surface area is 265 Å². The third kappa shape index (κ3) is 6.99. The number of aromatic nitrogens is 4. The number of amides is 1. The van der Waals surface area contributed by atoms with Crippen LogP contribution in [0.15, 0.2) is 22.6 Å². The molecule has 8 N–H and O–H groups in total. The monoisotopic (exact) mass is 664 g/mol. The SMILES string of the molecule is Cn1c(N)c(CC(=O)CCCN)c[n+]1CC1=C(C(=O)O)N2C(=O)[C@@H](CC(=O)/C(=N\OC(C)(C)C(=O)O)c3nsc(N)n3)[C@H]2SC1. The topological polar surface area (TPSA) is 263 Å². The van der Waals surface area contributed by atoms with Gasteiger partial charge in [0.1, 0.15) is 11.5 Å². The molecule has 4 rings (SSSR count).